The Balaban J connectivity index is 1.88. The highest BCUT2D eigenvalue weighted by Crippen LogP contribution is 2.29. The number of nitrogens with one attached hydrogen (secondary N) is 1. The van der Waals surface area contributed by atoms with Gasteiger partial charge < -0.3 is 0 Å². The topological polar surface area (TPSA) is 55.1 Å². The van der Waals surface area contributed by atoms with Crippen LogP contribution in [0.1, 0.15) is 22.8 Å². The summed E-state index contributed by atoms with van der Waals surface area (Å²) in [6.07, 6.45) is 5.29. The number of hydrogen-bond acceptors (Lipinski definition) is 4. The molecule has 1 aliphatic rings. The Morgan fingerprint density at radius 3 is 2.85 bits per heavy atom. The first-order valence-electron chi connectivity index (χ1n) is 8.36. The zero-order valence-corrected chi connectivity index (χ0v) is 15.0. The van der Waals surface area contributed by atoms with Crippen molar-refractivity contribution >= 4 is 17.3 Å². The van der Waals surface area contributed by atoms with E-state index < -0.39 is 0 Å². The minimum atomic E-state index is -0.350. The number of aliphatic imine (C=N–C) groups is 1. The van der Waals surface area contributed by atoms with E-state index in [4.69, 9.17) is 18.0 Å². The molecule has 0 radical (unpaired) electrons. The molecule has 0 saturated carbocycles. The SMILES string of the molecule is C#CCNCc1nnc2n1-c1ccc(F)cc1C(c1ccccc1Cl)=NC2. The van der Waals surface area contributed by atoms with E-state index >= 15 is 0 Å². The molecule has 1 aliphatic heterocycles. The molecule has 0 aliphatic carbocycles. The first kappa shape index (κ1) is 17.4. The minimum absolute atomic E-state index is 0.305. The number of halogens is 2. The summed E-state index contributed by atoms with van der Waals surface area (Å²) in [4.78, 5) is 4.68. The van der Waals surface area contributed by atoms with Crippen LogP contribution in [0.15, 0.2) is 47.5 Å². The van der Waals surface area contributed by atoms with E-state index in [9.17, 15) is 4.39 Å². The van der Waals surface area contributed by atoms with Crippen molar-refractivity contribution in [1.82, 2.24) is 20.1 Å². The van der Waals surface area contributed by atoms with Gasteiger partial charge in [0.1, 0.15) is 12.4 Å². The molecule has 0 atom stereocenters. The lowest BCUT2D eigenvalue weighted by atomic mass is 10.00. The van der Waals surface area contributed by atoms with Crippen molar-refractivity contribution in [2.24, 2.45) is 4.99 Å². The summed E-state index contributed by atoms with van der Waals surface area (Å²) in [5.74, 6) is 3.53. The highest BCUT2D eigenvalue weighted by Gasteiger charge is 2.24. The van der Waals surface area contributed by atoms with Gasteiger partial charge in [-0.05, 0) is 24.3 Å². The zero-order valence-electron chi connectivity index (χ0n) is 14.3. The lowest BCUT2D eigenvalue weighted by Gasteiger charge is -2.14. The molecule has 134 valence electrons. The number of terminal acetylenes is 1. The Bertz CT molecular complexity index is 1080. The van der Waals surface area contributed by atoms with E-state index in [0.29, 0.717) is 47.6 Å². The average molecular weight is 380 g/mol. The molecule has 1 aromatic heterocycles. The molecule has 1 N–H and O–H groups in total. The molecule has 27 heavy (non-hydrogen) atoms. The molecule has 2 heterocycles. The summed E-state index contributed by atoms with van der Waals surface area (Å²) in [5.41, 5.74) is 2.77. The Kier molecular flexibility index (Phi) is 4.71. The molecule has 5 nitrogen and oxygen atoms in total. The second-order valence-corrected chi connectivity index (χ2v) is 6.39. The van der Waals surface area contributed by atoms with Gasteiger partial charge in [0.15, 0.2) is 11.6 Å². The number of aromatic nitrogens is 3. The first-order valence-corrected chi connectivity index (χ1v) is 8.74. The maximum absolute atomic E-state index is 14.1. The molecule has 0 saturated heterocycles. The van der Waals surface area contributed by atoms with Gasteiger partial charge in [0.25, 0.3) is 0 Å². The Labute approximate surface area is 160 Å². The van der Waals surface area contributed by atoms with Crippen LogP contribution < -0.4 is 5.32 Å². The van der Waals surface area contributed by atoms with E-state index in [-0.39, 0.29) is 5.82 Å². The average Bonchev–Trinajstić information content (AvgIpc) is 2.99. The van der Waals surface area contributed by atoms with Crippen LogP contribution in [0.4, 0.5) is 4.39 Å². The molecular weight excluding hydrogens is 365 g/mol. The van der Waals surface area contributed by atoms with Crippen molar-refractivity contribution in [1.29, 1.82) is 0 Å². The Morgan fingerprint density at radius 1 is 1.19 bits per heavy atom. The first-order chi connectivity index (χ1) is 13.2. The summed E-state index contributed by atoms with van der Waals surface area (Å²) in [6, 6.07) is 12.0. The molecule has 0 bridgehead atoms. The zero-order chi connectivity index (χ0) is 18.8. The largest absolute Gasteiger partial charge is 0.299 e. The quantitative estimate of drug-likeness (QED) is 0.559. The molecule has 3 aromatic rings. The molecular formula is C20H15ClFN5. The van der Waals surface area contributed by atoms with E-state index in [0.717, 1.165) is 11.3 Å². The third kappa shape index (κ3) is 3.23. The van der Waals surface area contributed by atoms with Crippen molar-refractivity contribution in [3.63, 3.8) is 0 Å². The van der Waals surface area contributed by atoms with Gasteiger partial charge in [-0.1, -0.05) is 35.7 Å². The number of fused-ring (bicyclic) bond motifs is 3. The fraction of sp³-hybridized carbons (Fsp3) is 0.150. The second-order valence-electron chi connectivity index (χ2n) is 5.98. The smallest absolute Gasteiger partial charge is 0.159 e. The molecule has 2 aromatic carbocycles. The summed E-state index contributed by atoms with van der Waals surface area (Å²) in [5, 5.41) is 12.2. The molecule has 7 heteroatoms. The maximum atomic E-state index is 14.1. The number of hydrogen-bond donors (Lipinski definition) is 1. The number of benzene rings is 2. The third-order valence-corrected chi connectivity index (χ3v) is 4.60. The Hall–Kier alpha value is -3.01. The van der Waals surface area contributed by atoms with Gasteiger partial charge in [0, 0.05) is 16.1 Å². The van der Waals surface area contributed by atoms with Crippen molar-refractivity contribution in [2.45, 2.75) is 13.1 Å². The molecule has 0 fully saturated rings. The molecule has 0 spiro atoms. The van der Waals surface area contributed by atoms with Crippen molar-refractivity contribution in [2.75, 3.05) is 6.54 Å². The minimum Gasteiger partial charge on any atom is -0.299 e. The van der Waals surface area contributed by atoms with Gasteiger partial charge in [-0.25, -0.2) is 4.39 Å². The predicted octanol–water partition coefficient (Wildman–Crippen LogP) is 3.13. The Morgan fingerprint density at radius 2 is 2.04 bits per heavy atom. The summed E-state index contributed by atoms with van der Waals surface area (Å²) >= 11 is 6.38. The van der Waals surface area contributed by atoms with Crippen LogP contribution in [0.3, 0.4) is 0 Å². The van der Waals surface area contributed by atoms with Gasteiger partial charge >= 0.3 is 0 Å². The van der Waals surface area contributed by atoms with E-state index in [1.54, 1.807) is 12.1 Å². The summed E-state index contributed by atoms with van der Waals surface area (Å²) in [7, 11) is 0. The maximum Gasteiger partial charge on any atom is 0.159 e. The van der Waals surface area contributed by atoms with Crippen LogP contribution in [-0.4, -0.2) is 27.0 Å². The van der Waals surface area contributed by atoms with Crippen LogP contribution in [0.25, 0.3) is 5.69 Å². The van der Waals surface area contributed by atoms with Crippen LogP contribution in [0, 0.1) is 18.2 Å². The lowest BCUT2D eigenvalue weighted by molar-refractivity contribution is 0.626. The van der Waals surface area contributed by atoms with Crippen molar-refractivity contribution in [3.8, 4) is 18.0 Å². The van der Waals surface area contributed by atoms with Crippen LogP contribution in [0.5, 0.6) is 0 Å². The van der Waals surface area contributed by atoms with Crippen LogP contribution in [-0.2, 0) is 13.1 Å². The summed E-state index contributed by atoms with van der Waals surface area (Å²) in [6.45, 7) is 1.16. The molecule has 0 unspecified atom stereocenters. The second kappa shape index (κ2) is 7.31. The molecule has 4 rings (SSSR count). The van der Waals surface area contributed by atoms with Gasteiger partial charge in [-0.3, -0.25) is 14.9 Å². The van der Waals surface area contributed by atoms with E-state index in [1.165, 1.54) is 12.1 Å². The van der Waals surface area contributed by atoms with Crippen molar-refractivity contribution < 1.29 is 4.39 Å². The number of rotatable bonds is 4. The third-order valence-electron chi connectivity index (χ3n) is 4.27. The van der Waals surface area contributed by atoms with Gasteiger partial charge in [0.05, 0.1) is 24.5 Å². The van der Waals surface area contributed by atoms with Gasteiger partial charge in [0.2, 0.25) is 0 Å². The normalized spacial score (nSPS) is 12.6. The van der Waals surface area contributed by atoms with Gasteiger partial charge in [-0.15, -0.1) is 16.6 Å². The van der Waals surface area contributed by atoms with E-state index in [1.807, 2.05) is 22.8 Å². The highest BCUT2D eigenvalue weighted by molar-refractivity contribution is 6.35. The predicted molar refractivity (Wildman–Crippen MR) is 103 cm³/mol. The lowest BCUT2D eigenvalue weighted by Crippen LogP contribution is -2.18. The van der Waals surface area contributed by atoms with E-state index in [2.05, 4.69) is 26.4 Å². The summed E-state index contributed by atoms with van der Waals surface area (Å²) < 4.78 is 16.0. The monoisotopic (exact) mass is 379 g/mol. The fourth-order valence-corrected chi connectivity index (χ4v) is 3.33. The molecule has 0 amide bonds. The number of nitrogens with zero attached hydrogens (tertiary/aromatic N) is 4. The highest BCUT2D eigenvalue weighted by atomic mass is 35.5. The fourth-order valence-electron chi connectivity index (χ4n) is 3.11. The van der Waals surface area contributed by atoms with Crippen LogP contribution >= 0.6 is 11.6 Å². The van der Waals surface area contributed by atoms with Gasteiger partial charge in [-0.2, -0.15) is 0 Å². The standard InChI is InChI=1S/C20H15ClFN5/c1-2-9-23-11-18-25-26-19-12-24-20(14-5-3-4-6-16(14)21)15-10-13(22)7-8-17(15)27(18)19/h1,3-8,10,23H,9,11-12H2. The van der Waals surface area contributed by atoms with Crippen LogP contribution in [0.2, 0.25) is 5.02 Å². The van der Waals surface area contributed by atoms with Crippen molar-refractivity contribution in [3.05, 3.63) is 76.1 Å².